The summed E-state index contributed by atoms with van der Waals surface area (Å²) in [5.74, 6) is 5.48. The minimum Gasteiger partial charge on any atom is -0.394 e. The van der Waals surface area contributed by atoms with E-state index in [1.54, 1.807) is 25.1 Å². The van der Waals surface area contributed by atoms with Gasteiger partial charge in [0.15, 0.2) is 0 Å². The molecule has 0 spiro atoms. The van der Waals surface area contributed by atoms with Crippen molar-refractivity contribution in [3.8, 4) is 11.8 Å². The van der Waals surface area contributed by atoms with Crippen molar-refractivity contribution >= 4 is 0 Å². The minimum atomic E-state index is -1.51. The van der Waals surface area contributed by atoms with Crippen LogP contribution in [0, 0.1) is 18.8 Å². The molecule has 3 rings (SSSR count). The van der Waals surface area contributed by atoms with Crippen molar-refractivity contribution in [2.24, 2.45) is 0 Å². The first-order valence-electron chi connectivity index (χ1n) is 9.92. The molecule has 10 atom stereocenters. The molecule has 2 aliphatic rings. The zero-order chi connectivity index (χ0) is 22.9. The molecule has 2 heterocycles. The maximum absolute atomic E-state index is 10.3. The molecule has 0 radical (unpaired) electrons. The van der Waals surface area contributed by atoms with Gasteiger partial charge in [0.05, 0.1) is 13.2 Å². The summed E-state index contributed by atoms with van der Waals surface area (Å²) in [5, 5.41) is 78.6. The van der Waals surface area contributed by atoms with Crippen LogP contribution in [0.25, 0.3) is 0 Å². The Bertz CT molecular complexity index is 816. The van der Waals surface area contributed by atoms with Gasteiger partial charge in [-0.15, -0.1) is 0 Å². The zero-order valence-electron chi connectivity index (χ0n) is 16.8. The van der Waals surface area contributed by atoms with Crippen LogP contribution < -0.4 is 0 Å². The first kappa shape index (κ1) is 24.0. The van der Waals surface area contributed by atoms with Crippen LogP contribution in [-0.4, -0.2) is 109 Å². The zero-order valence-corrected chi connectivity index (χ0v) is 16.8. The van der Waals surface area contributed by atoms with E-state index in [4.69, 9.17) is 9.47 Å². The molecule has 2 saturated heterocycles. The molecule has 2 aliphatic heterocycles. The van der Waals surface area contributed by atoms with Gasteiger partial charge in [-0.3, -0.25) is 0 Å². The summed E-state index contributed by atoms with van der Waals surface area (Å²) in [7, 11) is 0. The molecule has 2 fully saturated rings. The first-order chi connectivity index (χ1) is 14.7. The molecular formula is C21H28O10. The van der Waals surface area contributed by atoms with Crippen LogP contribution in [0.3, 0.4) is 0 Å². The van der Waals surface area contributed by atoms with E-state index >= 15 is 0 Å². The van der Waals surface area contributed by atoms with Crippen molar-refractivity contribution in [1.29, 1.82) is 0 Å². The fourth-order valence-corrected chi connectivity index (χ4v) is 3.81. The Morgan fingerprint density at radius 1 is 0.774 bits per heavy atom. The molecular weight excluding hydrogens is 412 g/mol. The third-order valence-electron chi connectivity index (χ3n) is 5.72. The topological polar surface area (TPSA) is 180 Å². The molecule has 31 heavy (non-hydrogen) atoms. The van der Waals surface area contributed by atoms with E-state index in [-0.39, 0.29) is 0 Å². The van der Waals surface area contributed by atoms with Crippen LogP contribution in [0.15, 0.2) is 18.2 Å². The van der Waals surface area contributed by atoms with Crippen LogP contribution in [0.5, 0.6) is 0 Å². The molecule has 10 unspecified atom stereocenters. The van der Waals surface area contributed by atoms with Crippen LogP contribution in [-0.2, 0) is 9.47 Å². The van der Waals surface area contributed by atoms with Gasteiger partial charge in [-0.25, -0.2) is 0 Å². The number of aliphatic hydroxyl groups is 8. The Kier molecular flexibility index (Phi) is 7.67. The minimum absolute atomic E-state index is 0.516. The van der Waals surface area contributed by atoms with Crippen molar-refractivity contribution in [1.82, 2.24) is 0 Å². The maximum Gasteiger partial charge on any atom is 0.147 e. The lowest BCUT2D eigenvalue weighted by Gasteiger charge is -2.40. The average Bonchev–Trinajstić information content (AvgIpc) is 2.76. The van der Waals surface area contributed by atoms with Crippen molar-refractivity contribution in [2.45, 2.75) is 68.0 Å². The van der Waals surface area contributed by atoms with Gasteiger partial charge in [0.1, 0.15) is 61.0 Å². The number of ether oxygens (including phenoxy) is 2. The fourth-order valence-electron chi connectivity index (χ4n) is 3.81. The summed E-state index contributed by atoms with van der Waals surface area (Å²) in [6.45, 7) is 0.662. The molecule has 0 bridgehead atoms. The van der Waals surface area contributed by atoms with Crippen molar-refractivity contribution < 1.29 is 50.3 Å². The number of benzene rings is 1. The van der Waals surface area contributed by atoms with Gasteiger partial charge in [0.2, 0.25) is 0 Å². The van der Waals surface area contributed by atoms with Gasteiger partial charge in [-0.05, 0) is 30.2 Å². The molecule has 0 amide bonds. The highest BCUT2D eigenvalue weighted by molar-refractivity contribution is 5.42. The predicted octanol–water partition coefficient (Wildman–Crippen LogP) is -3.30. The number of aryl methyl sites for hydroxylation is 1. The fraction of sp³-hybridized carbons (Fsp3) is 0.619. The molecule has 1 aromatic carbocycles. The van der Waals surface area contributed by atoms with Crippen LogP contribution in [0.4, 0.5) is 0 Å². The van der Waals surface area contributed by atoms with E-state index in [0.717, 1.165) is 0 Å². The lowest BCUT2D eigenvalue weighted by Crippen LogP contribution is -2.58. The average molecular weight is 440 g/mol. The Morgan fingerprint density at radius 2 is 1.35 bits per heavy atom. The molecule has 172 valence electrons. The van der Waals surface area contributed by atoms with Gasteiger partial charge in [-0.2, -0.15) is 0 Å². The smallest absolute Gasteiger partial charge is 0.147 e. The number of rotatable bonds is 3. The SMILES string of the molecule is Cc1cc(C#CC2OC(CO)C(O)C(O)C2O)ccc1C1OC(CO)C(O)C(O)C1O. The van der Waals surface area contributed by atoms with E-state index < -0.39 is 74.3 Å². The Labute approximate surface area is 178 Å². The van der Waals surface area contributed by atoms with E-state index in [0.29, 0.717) is 16.7 Å². The highest BCUT2D eigenvalue weighted by Crippen LogP contribution is 2.34. The second-order valence-electron chi connectivity index (χ2n) is 7.84. The molecule has 0 aromatic heterocycles. The van der Waals surface area contributed by atoms with E-state index in [2.05, 4.69) is 11.8 Å². The van der Waals surface area contributed by atoms with Gasteiger partial charge in [-0.1, -0.05) is 17.9 Å². The Morgan fingerprint density at radius 3 is 1.94 bits per heavy atom. The first-order valence-corrected chi connectivity index (χ1v) is 9.92. The van der Waals surface area contributed by atoms with Crippen LogP contribution >= 0.6 is 0 Å². The normalized spacial score (nSPS) is 40.8. The van der Waals surface area contributed by atoms with Crippen molar-refractivity contribution in [3.63, 3.8) is 0 Å². The Hall–Kier alpha value is -1.62. The van der Waals surface area contributed by atoms with Crippen molar-refractivity contribution in [3.05, 3.63) is 34.9 Å². The van der Waals surface area contributed by atoms with E-state index in [1.807, 2.05) is 0 Å². The van der Waals surface area contributed by atoms with E-state index in [1.165, 1.54) is 0 Å². The summed E-state index contributed by atoms with van der Waals surface area (Å²) in [6, 6.07) is 4.91. The summed E-state index contributed by atoms with van der Waals surface area (Å²) >= 11 is 0. The monoisotopic (exact) mass is 440 g/mol. The lowest BCUT2D eigenvalue weighted by molar-refractivity contribution is -0.231. The molecule has 10 nitrogen and oxygen atoms in total. The van der Waals surface area contributed by atoms with Gasteiger partial charge < -0.3 is 50.3 Å². The molecule has 1 aromatic rings. The quantitative estimate of drug-likeness (QED) is 0.222. The summed E-state index contributed by atoms with van der Waals surface area (Å²) in [4.78, 5) is 0. The van der Waals surface area contributed by atoms with Gasteiger partial charge >= 0.3 is 0 Å². The third-order valence-corrected chi connectivity index (χ3v) is 5.72. The summed E-state index contributed by atoms with van der Waals surface area (Å²) in [6.07, 6.45) is -12.9. The van der Waals surface area contributed by atoms with Crippen LogP contribution in [0.1, 0.15) is 22.8 Å². The van der Waals surface area contributed by atoms with Crippen molar-refractivity contribution in [2.75, 3.05) is 13.2 Å². The molecule has 8 N–H and O–H groups in total. The highest BCUT2D eigenvalue weighted by atomic mass is 16.5. The third kappa shape index (κ3) is 4.76. The molecule has 0 aliphatic carbocycles. The van der Waals surface area contributed by atoms with Gasteiger partial charge in [0, 0.05) is 5.56 Å². The predicted molar refractivity (Wildman–Crippen MR) is 105 cm³/mol. The van der Waals surface area contributed by atoms with E-state index in [9.17, 15) is 40.9 Å². The molecule has 0 saturated carbocycles. The number of hydrogen-bond donors (Lipinski definition) is 8. The highest BCUT2D eigenvalue weighted by Gasteiger charge is 2.44. The number of aliphatic hydroxyl groups excluding tert-OH is 8. The standard InChI is InChI=1S/C21H28O10/c1-9-6-10(3-5-12-15(24)18(27)16(25)13(7-22)30-12)2-4-11(9)21-20(29)19(28)17(26)14(8-23)31-21/h2,4,6,12-29H,7-8H2,1H3. The maximum atomic E-state index is 10.3. The molecule has 10 heteroatoms. The van der Waals surface area contributed by atoms with Crippen LogP contribution in [0.2, 0.25) is 0 Å². The lowest BCUT2D eigenvalue weighted by atomic mass is 9.89. The largest absolute Gasteiger partial charge is 0.394 e. The Balaban J connectivity index is 1.79. The van der Waals surface area contributed by atoms with Gasteiger partial charge in [0.25, 0.3) is 0 Å². The number of hydrogen-bond acceptors (Lipinski definition) is 10. The summed E-state index contributed by atoms with van der Waals surface area (Å²) in [5.41, 5.74) is 1.71. The second-order valence-corrected chi connectivity index (χ2v) is 7.84. The summed E-state index contributed by atoms with van der Waals surface area (Å²) < 4.78 is 10.9. The second kappa shape index (κ2) is 9.89.